The van der Waals surface area contributed by atoms with Crippen LogP contribution in [0, 0.1) is 0 Å². The van der Waals surface area contributed by atoms with E-state index in [4.69, 9.17) is 0 Å². The van der Waals surface area contributed by atoms with Crippen LogP contribution in [0.3, 0.4) is 0 Å². The summed E-state index contributed by atoms with van der Waals surface area (Å²) in [5.74, 6) is 3.02. The Bertz CT molecular complexity index is 1070. The van der Waals surface area contributed by atoms with Crippen LogP contribution in [0.1, 0.15) is 30.2 Å². The molecule has 0 radical (unpaired) electrons. The molecular weight excluding hydrogens is 338 g/mol. The molecule has 0 spiro atoms. The van der Waals surface area contributed by atoms with Crippen LogP contribution in [0.2, 0.25) is 0 Å². The van der Waals surface area contributed by atoms with Crippen LogP contribution in [-0.4, -0.2) is 36.3 Å². The molecule has 27 heavy (non-hydrogen) atoms. The van der Waals surface area contributed by atoms with Crippen molar-refractivity contribution in [3.8, 4) is 0 Å². The van der Waals surface area contributed by atoms with Crippen LogP contribution >= 0.6 is 0 Å². The van der Waals surface area contributed by atoms with Gasteiger partial charge in [-0.2, -0.15) is 0 Å². The molecule has 0 fully saturated rings. The first kappa shape index (κ1) is 16.0. The topological polar surface area (TPSA) is 75.5 Å². The van der Waals surface area contributed by atoms with Gasteiger partial charge < -0.3 is 14.5 Å². The summed E-state index contributed by atoms with van der Waals surface area (Å²) in [6.45, 7) is 3.81. The quantitative estimate of drug-likeness (QED) is 0.606. The normalized spacial score (nSPS) is 16.6. The number of aryl methyl sites for hydroxylation is 2. The lowest BCUT2D eigenvalue weighted by atomic mass is 10.1. The largest absolute Gasteiger partial charge is 0.346 e. The van der Waals surface area contributed by atoms with Crippen molar-refractivity contribution in [2.75, 3.05) is 11.4 Å². The summed E-state index contributed by atoms with van der Waals surface area (Å²) in [6, 6.07) is 12.9. The Labute approximate surface area is 157 Å². The molecule has 0 unspecified atom stereocenters. The minimum absolute atomic E-state index is 0.290. The number of benzene rings is 1. The van der Waals surface area contributed by atoms with E-state index in [-0.39, 0.29) is 0 Å². The number of fused-ring (bicyclic) bond motifs is 2. The molecule has 0 aliphatic carbocycles. The highest BCUT2D eigenvalue weighted by Crippen LogP contribution is 2.29. The Morgan fingerprint density at radius 1 is 1.07 bits per heavy atom. The van der Waals surface area contributed by atoms with E-state index >= 15 is 0 Å². The highest BCUT2D eigenvalue weighted by Gasteiger charge is 2.28. The number of aromatic amines is 1. The van der Waals surface area contributed by atoms with Gasteiger partial charge in [-0.05, 0) is 25.0 Å². The zero-order chi connectivity index (χ0) is 18.2. The molecule has 1 aliphatic heterocycles. The number of anilines is 1. The van der Waals surface area contributed by atoms with E-state index in [9.17, 15) is 0 Å². The fourth-order valence-electron chi connectivity index (χ4n) is 3.96. The third kappa shape index (κ3) is 2.85. The molecule has 7 heteroatoms. The Hall–Kier alpha value is -3.22. The maximum atomic E-state index is 4.53. The second kappa shape index (κ2) is 6.50. The zero-order valence-electron chi connectivity index (χ0n) is 15.2. The number of rotatable bonds is 4. The number of hydrogen-bond donors (Lipinski definition) is 1. The van der Waals surface area contributed by atoms with Gasteiger partial charge in [-0.15, -0.1) is 10.2 Å². The van der Waals surface area contributed by atoms with Gasteiger partial charge in [0.05, 0.1) is 18.0 Å². The molecule has 7 nitrogen and oxygen atoms in total. The van der Waals surface area contributed by atoms with Crippen molar-refractivity contribution >= 4 is 16.9 Å². The molecule has 0 amide bonds. The minimum atomic E-state index is 0.290. The average Bonchev–Trinajstić information content (AvgIpc) is 3.34. The smallest absolute Gasteiger partial charge is 0.152 e. The lowest BCUT2D eigenvalue weighted by molar-refractivity contribution is 0.447. The van der Waals surface area contributed by atoms with Gasteiger partial charge in [0.1, 0.15) is 23.6 Å². The maximum Gasteiger partial charge on any atom is 0.152 e. The van der Waals surface area contributed by atoms with Crippen molar-refractivity contribution in [1.82, 2.24) is 29.7 Å². The molecule has 0 bridgehead atoms. The zero-order valence-corrected chi connectivity index (χ0v) is 15.2. The molecule has 136 valence electrons. The Balaban J connectivity index is 1.40. The monoisotopic (exact) mass is 359 g/mol. The molecule has 1 aliphatic rings. The number of aromatic nitrogens is 6. The van der Waals surface area contributed by atoms with Crippen molar-refractivity contribution in [1.29, 1.82) is 0 Å². The van der Waals surface area contributed by atoms with Gasteiger partial charge in [-0.1, -0.05) is 30.3 Å². The first-order valence-electron chi connectivity index (χ1n) is 9.29. The summed E-state index contributed by atoms with van der Waals surface area (Å²) in [5.41, 5.74) is 2.19. The summed E-state index contributed by atoms with van der Waals surface area (Å²) in [5, 5.41) is 10.0. The minimum Gasteiger partial charge on any atom is -0.346 e. The van der Waals surface area contributed by atoms with Crippen LogP contribution in [0.25, 0.3) is 11.0 Å². The number of H-pyrrole nitrogens is 1. The van der Waals surface area contributed by atoms with E-state index in [1.807, 2.05) is 18.3 Å². The van der Waals surface area contributed by atoms with Gasteiger partial charge in [-0.25, -0.2) is 9.97 Å². The molecule has 3 aromatic heterocycles. The second-order valence-corrected chi connectivity index (χ2v) is 7.05. The van der Waals surface area contributed by atoms with E-state index in [2.05, 4.69) is 65.8 Å². The molecule has 0 saturated carbocycles. The lowest BCUT2D eigenvalue weighted by Crippen LogP contribution is -2.37. The van der Waals surface area contributed by atoms with E-state index < -0.39 is 0 Å². The SMILES string of the molecule is C[C@H]1CN(c2ncnc3[nH]ccc23)Cc2nnc(CCc3ccccc3)n21. The van der Waals surface area contributed by atoms with E-state index in [1.54, 1.807) is 6.33 Å². The highest BCUT2D eigenvalue weighted by atomic mass is 15.4. The summed E-state index contributed by atoms with van der Waals surface area (Å²) >= 11 is 0. The van der Waals surface area contributed by atoms with Crippen LogP contribution in [0.15, 0.2) is 48.9 Å². The van der Waals surface area contributed by atoms with Gasteiger partial charge >= 0.3 is 0 Å². The van der Waals surface area contributed by atoms with E-state index in [0.717, 1.165) is 47.9 Å². The fourth-order valence-corrected chi connectivity index (χ4v) is 3.96. The number of hydrogen-bond acceptors (Lipinski definition) is 5. The van der Waals surface area contributed by atoms with Crippen LogP contribution < -0.4 is 4.90 Å². The number of nitrogens with one attached hydrogen (secondary N) is 1. The summed E-state index contributed by atoms with van der Waals surface area (Å²) in [6.07, 6.45) is 5.39. The highest BCUT2D eigenvalue weighted by molar-refractivity contribution is 5.87. The van der Waals surface area contributed by atoms with Gasteiger partial charge in [0.25, 0.3) is 0 Å². The average molecular weight is 359 g/mol. The van der Waals surface area contributed by atoms with Crippen molar-refractivity contribution in [3.05, 3.63) is 66.1 Å². The number of nitrogens with zero attached hydrogens (tertiary/aromatic N) is 6. The molecule has 1 aromatic carbocycles. The second-order valence-electron chi connectivity index (χ2n) is 7.05. The maximum absolute atomic E-state index is 4.53. The van der Waals surface area contributed by atoms with Crippen molar-refractivity contribution in [2.45, 2.75) is 32.4 Å². The Morgan fingerprint density at radius 3 is 2.85 bits per heavy atom. The van der Waals surface area contributed by atoms with Gasteiger partial charge in [0.15, 0.2) is 5.82 Å². The molecular formula is C20H21N7. The van der Waals surface area contributed by atoms with Crippen molar-refractivity contribution < 1.29 is 0 Å². The van der Waals surface area contributed by atoms with Crippen LogP contribution in [0.4, 0.5) is 5.82 Å². The predicted octanol–water partition coefficient (Wildman–Crippen LogP) is 2.92. The summed E-state index contributed by atoms with van der Waals surface area (Å²) in [4.78, 5) is 14.2. The van der Waals surface area contributed by atoms with E-state index in [1.165, 1.54) is 5.56 Å². The third-order valence-electron chi connectivity index (χ3n) is 5.21. The Morgan fingerprint density at radius 2 is 1.96 bits per heavy atom. The molecule has 5 rings (SSSR count). The fraction of sp³-hybridized carbons (Fsp3) is 0.300. The van der Waals surface area contributed by atoms with Gasteiger partial charge in [0.2, 0.25) is 0 Å². The van der Waals surface area contributed by atoms with Crippen molar-refractivity contribution in [2.24, 2.45) is 0 Å². The van der Waals surface area contributed by atoms with Crippen molar-refractivity contribution in [3.63, 3.8) is 0 Å². The first-order chi connectivity index (χ1) is 13.3. The molecule has 4 aromatic rings. The van der Waals surface area contributed by atoms with E-state index in [0.29, 0.717) is 12.6 Å². The van der Waals surface area contributed by atoms with Crippen LogP contribution in [0.5, 0.6) is 0 Å². The lowest BCUT2D eigenvalue weighted by Gasteiger charge is -2.33. The third-order valence-corrected chi connectivity index (χ3v) is 5.21. The van der Waals surface area contributed by atoms with Gasteiger partial charge in [-0.3, -0.25) is 0 Å². The predicted molar refractivity (Wildman–Crippen MR) is 104 cm³/mol. The molecule has 4 heterocycles. The Kier molecular flexibility index (Phi) is 3.85. The first-order valence-corrected chi connectivity index (χ1v) is 9.29. The molecule has 1 atom stereocenters. The van der Waals surface area contributed by atoms with Crippen LogP contribution in [-0.2, 0) is 19.4 Å². The molecule has 1 N–H and O–H groups in total. The standard InChI is InChI=1S/C20H21N7/c1-14-11-26(20-16-9-10-21-19(16)22-13-23-20)12-18-25-24-17(27(14)18)8-7-15-5-3-2-4-6-15/h2-6,9-10,13-14H,7-8,11-12H2,1H3,(H,21,22,23)/t14-/m0/s1. The summed E-state index contributed by atoms with van der Waals surface area (Å²) in [7, 11) is 0. The van der Waals surface area contributed by atoms with Gasteiger partial charge in [0, 0.05) is 19.2 Å². The summed E-state index contributed by atoms with van der Waals surface area (Å²) < 4.78 is 2.30. The molecule has 0 saturated heterocycles.